The third-order valence-electron chi connectivity index (χ3n) is 3.45. The van der Waals surface area contributed by atoms with Crippen molar-refractivity contribution >= 4 is 40.3 Å². The summed E-state index contributed by atoms with van der Waals surface area (Å²) in [7, 11) is 0. The Kier molecular flexibility index (Phi) is 5.07. The number of aromatic nitrogens is 2. The van der Waals surface area contributed by atoms with Crippen molar-refractivity contribution in [2.45, 2.75) is 24.8 Å². The number of carbonyl (C=O) groups is 2. The fourth-order valence-electron chi connectivity index (χ4n) is 2.29. The highest BCUT2D eigenvalue weighted by atomic mass is 32.2. The average molecular weight is 347 g/mol. The molecular formula is C16H17N3O2S2. The summed E-state index contributed by atoms with van der Waals surface area (Å²) in [5.41, 5.74) is 0.892. The Balaban J connectivity index is 1.61. The minimum absolute atomic E-state index is 0.158. The van der Waals surface area contributed by atoms with Crippen LogP contribution in [0.3, 0.4) is 0 Å². The zero-order valence-corrected chi connectivity index (χ0v) is 14.4. The molecule has 2 aromatic rings. The number of fused-ring (bicyclic) bond motifs is 1. The Hall–Kier alpha value is -1.73. The fraction of sp³-hybridized carbons (Fsp3) is 0.312. The van der Waals surface area contributed by atoms with Gasteiger partial charge in [-0.05, 0) is 30.3 Å². The predicted octanol–water partition coefficient (Wildman–Crippen LogP) is 3.81. The first kappa shape index (κ1) is 16.1. The molecule has 2 amide bonds. The Morgan fingerprint density at radius 3 is 3.04 bits per heavy atom. The van der Waals surface area contributed by atoms with E-state index in [1.807, 2.05) is 41.8 Å². The summed E-state index contributed by atoms with van der Waals surface area (Å²) in [5, 5.41) is 0.882. The van der Waals surface area contributed by atoms with Gasteiger partial charge in [-0.3, -0.25) is 18.9 Å². The normalized spacial score (nSPS) is 16.9. The van der Waals surface area contributed by atoms with Crippen LogP contribution in [0.25, 0.3) is 5.65 Å². The van der Waals surface area contributed by atoms with Gasteiger partial charge >= 0.3 is 0 Å². The van der Waals surface area contributed by atoms with Crippen LogP contribution in [0.2, 0.25) is 0 Å². The number of thioether (sulfide) groups is 2. The lowest BCUT2D eigenvalue weighted by atomic mass is 10.3. The van der Waals surface area contributed by atoms with Crippen LogP contribution >= 0.6 is 23.5 Å². The van der Waals surface area contributed by atoms with Crippen molar-refractivity contribution in [2.75, 3.05) is 12.3 Å². The molecule has 0 spiro atoms. The maximum atomic E-state index is 12.2. The molecule has 3 heterocycles. The zero-order valence-electron chi connectivity index (χ0n) is 12.8. The number of pyridine rings is 1. The summed E-state index contributed by atoms with van der Waals surface area (Å²) in [6.07, 6.45) is 7.33. The summed E-state index contributed by atoms with van der Waals surface area (Å²) in [6, 6.07) is 5.91. The van der Waals surface area contributed by atoms with E-state index in [0.29, 0.717) is 17.2 Å². The molecule has 0 unspecified atom stereocenters. The standard InChI is InChI=1S/C16H17N3O2S2/c1-2-3-5-12-15(20)19(16(21)23-12)10-11-22-14-7-4-6-13-17-8-9-18(13)14/h4-9H,2-3,10-11H2,1H3. The molecular weight excluding hydrogens is 330 g/mol. The van der Waals surface area contributed by atoms with Crippen LogP contribution in [0, 0.1) is 0 Å². The van der Waals surface area contributed by atoms with Gasteiger partial charge in [0.15, 0.2) is 0 Å². The van der Waals surface area contributed by atoms with E-state index in [1.54, 1.807) is 18.0 Å². The van der Waals surface area contributed by atoms with Crippen molar-refractivity contribution in [1.82, 2.24) is 14.3 Å². The topological polar surface area (TPSA) is 54.7 Å². The number of rotatable bonds is 6. The maximum absolute atomic E-state index is 12.2. The smallest absolute Gasteiger partial charge is 0.293 e. The fourth-order valence-corrected chi connectivity index (χ4v) is 4.11. The van der Waals surface area contributed by atoms with Crippen LogP contribution in [0.4, 0.5) is 4.79 Å². The minimum atomic E-state index is -0.168. The molecule has 5 nitrogen and oxygen atoms in total. The number of carbonyl (C=O) groups excluding carboxylic acids is 2. The molecule has 2 aromatic heterocycles. The molecule has 0 atom stereocenters. The molecule has 0 bridgehead atoms. The van der Waals surface area contributed by atoms with Gasteiger partial charge < -0.3 is 0 Å². The quantitative estimate of drug-likeness (QED) is 0.587. The predicted molar refractivity (Wildman–Crippen MR) is 93.6 cm³/mol. The largest absolute Gasteiger partial charge is 0.294 e. The molecule has 3 rings (SSSR count). The molecule has 0 aromatic carbocycles. The number of allylic oxidation sites excluding steroid dienone is 1. The van der Waals surface area contributed by atoms with E-state index in [2.05, 4.69) is 4.98 Å². The highest BCUT2D eigenvalue weighted by Gasteiger charge is 2.34. The summed E-state index contributed by atoms with van der Waals surface area (Å²) in [5.74, 6) is 0.506. The first-order valence-electron chi connectivity index (χ1n) is 7.49. The van der Waals surface area contributed by atoms with Crippen LogP contribution in [-0.2, 0) is 4.79 Å². The number of hydrogen-bond acceptors (Lipinski definition) is 5. The minimum Gasteiger partial charge on any atom is -0.294 e. The third-order valence-corrected chi connectivity index (χ3v) is 5.42. The highest BCUT2D eigenvalue weighted by molar-refractivity contribution is 8.18. The summed E-state index contributed by atoms with van der Waals surface area (Å²) >= 11 is 2.66. The van der Waals surface area contributed by atoms with E-state index < -0.39 is 0 Å². The summed E-state index contributed by atoms with van der Waals surface area (Å²) in [4.78, 5) is 30.4. The first-order valence-corrected chi connectivity index (χ1v) is 9.29. The van der Waals surface area contributed by atoms with E-state index in [-0.39, 0.29) is 11.1 Å². The second-order valence-corrected chi connectivity index (χ2v) is 7.16. The zero-order chi connectivity index (χ0) is 16.2. The van der Waals surface area contributed by atoms with Gasteiger partial charge in [0.05, 0.1) is 9.93 Å². The van der Waals surface area contributed by atoms with Gasteiger partial charge in [0.1, 0.15) is 5.65 Å². The number of amides is 2. The molecule has 0 radical (unpaired) electrons. The van der Waals surface area contributed by atoms with Crippen molar-refractivity contribution in [3.63, 3.8) is 0 Å². The van der Waals surface area contributed by atoms with E-state index in [4.69, 9.17) is 0 Å². The second kappa shape index (κ2) is 7.23. The second-order valence-electron chi connectivity index (χ2n) is 5.05. The van der Waals surface area contributed by atoms with E-state index in [9.17, 15) is 9.59 Å². The van der Waals surface area contributed by atoms with Crippen LogP contribution in [0.15, 0.2) is 46.6 Å². The molecule has 0 aliphatic carbocycles. The van der Waals surface area contributed by atoms with Gasteiger partial charge in [-0.15, -0.1) is 11.8 Å². The van der Waals surface area contributed by atoms with Gasteiger partial charge in [0.25, 0.3) is 11.1 Å². The Labute approximate surface area is 143 Å². The van der Waals surface area contributed by atoms with Crippen molar-refractivity contribution < 1.29 is 9.59 Å². The van der Waals surface area contributed by atoms with Crippen molar-refractivity contribution in [2.24, 2.45) is 0 Å². The molecule has 120 valence electrons. The van der Waals surface area contributed by atoms with E-state index >= 15 is 0 Å². The molecule has 7 heteroatoms. The lowest BCUT2D eigenvalue weighted by Crippen LogP contribution is -2.30. The summed E-state index contributed by atoms with van der Waals surface area (Å²) in [6.45, 7) is 2.47. The SMILES string of the molecule is CCCC=C1SC(=O)N(CCSc2cccc3nccn23)C1=O. The van der Waals surface area contributed by atoms with Crippen LogP contribution in [0.5, 0.6) is 0 Å². The van der Waals surface area contributed by atoms with E-state index in [1.165, 1.54) is 4.90 Å². The molecule has 0 saturated carbocycles. The van der Waals surface area contributed by atoms with Crippen molar-refractivity contribution in [3.05, 3.63) is 41.6 Å². The van der Waals surface area contributed by atoms with Crippen molar-refractivity contribution in [1.29, 1.82) is 0 Å². The van der Waals surface area contributed by atoms with Gasteiger partial charge in [-0.2, -0.15) is 0 Å². The first-order chi connectivity index (χ1) is 11.2. The Morgan fingerprint density at radius 2 is 2.22 bits per heavy atom. The molecule has 1 aliphatic rings. The Bertz CT molecular complexity index is 770. The molecule has 1 saturated heterocycles. The van der Waals surface area contributed by atoms with Gasteiger partial charge in [-0.1, -0.05) is 25.5 Å². The number of unbranched alkanes of at least 4 members (excludes halogenated alkanes) is 1. The van der Waals surface area contributed by atoms with Crippen LogP contribution in [0.1, 0.15) is 19.8 Å². The average Bonchev–Trinajstić information content (AvgIpc) is 3.13. The lowest BCUT2D eigenvalue weighted by Gasteiger charge is -2.12. The summed E-state index contributed by atoms with van der Waals surface area (Å²) < 4.78 is 2.00. The Morgan fingerprint density at radius 1 is 1.35 bits per heavy atom. The molecule has 0 N–H and O–H groups in total. The monoisotopic (exact) mass is 347 g/mol. The number of hydrogen-bond donors (Lipinski definition) is 0. The molecule has 23 heavy (non-hydrogen) atoms. The number of imide groups is 1. The third kappa shape index (κ3) is 3.45. The van der Waals surface area contributed by atoms with E-state index in [0.717, 1.165) is 35.3 Å². The van der Waals surface area contributed by atoms with Crippen LogP contribution < -0.4 is 0 Å². The number of imidazole rings is 1. The molecule has 1 fully saturated rings. The van der Waals surface area contributed by atoms with Gasteiger partial charge in [0, 0.05) is 24.7 Å². The maximum Gasteiger partial charge on any atom is 0.293 e. The highest BCUT2D eigenvalue weighted by Crippen LogP contribution is 2.31. The van der Waals surface area contributed by atoms with Crippen LogP contribution in [-0.4, -0.2) is 37.7 Å². The van der Waals surface area contributed by atoms with Gasteiger partial charge in [0.2, 0.25) is 0 Å². The molecule has 1 aliphatic heterocycles. The number of nitrogens with zero attached hydrogens (tertiary/aromatic N) is 3. The lowest BCUT2D eigenvalue weighted by molar-refractivity contribution is -0.122. The van der Waals surface area contributed by atoms with Gasteiger partial charge in [-0.25, -0.2) is 4.98 Å². The van der Waals surface area contributed by atoms with Crippen molar-refractivity contribution in [3.8, 4) is 0 Å².